The van der Waals surface area contributed by atoms with Gasteiger partial charge in [0.05, 0.1) is 0 Å². The quantitative estimate of drug-likeness (QED) is 0.790. The molecule has 0 amide bonds. The lowest BCUT2D eigenvalue weighted by Gasteiger charge is -2.19. The van der Waals surface area contributed by atoms with Crippen molar-refractivity contribution in [2.45, 2.75) is 39.5 Å². The largest absolute Gasteiger partial charge is 0.436 e. The van der Waals surface area contributed by atoms with E-state index in [-0.39, 0.29) is 5.92 Å². The van der Waals surface area contributed by atoms with Gasteiger partial charge in [-0.25, -0.2) is 0 Å². The summed E-state index contributed by atoms with van der Waals surface area (Å²) in [6.07, 6.45) is 0. The van der Waals surface area contributed by atoms with Gasteiger partial charge in [0.25, 0.3) is 0 Å². The third-order valence-corrected chi connectivity index (χ3v) is 2.82. The molecule has 0 heterocycles. The Labute approximate surface area is 97.5 Å². The zero-order valence-electron chi connectivity index (χ0n) is 10.1. The average Bonchev–Trinajstić information content (AvgIpc) is 2.15. The van der Waals surface area contributed by atoms with Crippen LogP contribution in [0.4, 0.5) is 4.20 Å². The fraction of sp³-hybridized carbons (Fsp3) is 0.500. The summed E-state index contributed by atoms with van der Waals surface area (Å²) in [5.41, 5.74) is 2.13. The smallest absolute Gasteiger partial charge is 0.424 e. The van der Waals surface area contributed by atoms with E-state index in [0.717, 1.165) is 11.1 Å². The zero-order valence-corrected chi connectivity index (χ0v) is 11.0. The van der Waals surface area contributed by atoms with Gasteiger partial charge in [-0.3, -0.25) is 0 Å². The maximum absolute atomic E-state index is 12.6. The van der Waals surface area contributed by atoms with Crippen LogP contribution in [-0.4, -0.2) is 4.89 Å². The average molecular weight is 244 g/mol. The summed E-state index contributed by atoms with van der Waals surface area (Å²) in [5, 5.41) is 0. The summed E-state index contributed by atoms with van der Waals surface area (Å²) >= 11 is 0. The molecule has 0 aliphatic heterocycles. The Morgan fingerprint density at radius 1 is 1.19 bits per heavy atom. The lowest BCUT2D eigenvalue weighted by Crippen LogP contribution is -2.01. The molecule has 1 aromatic rings. The summed E-state index contributed by atoms with van der Waals surface area (Å²) in [6, 6.07) is 5.55. The van der Waals surface area contributed by atoms with Crippen LogP contribution in [0.5, 0.6) is 5.75 Å². The topological polar surface area (TPSA) is 29.5 Å². The molecule has 90 valence electrons. The van der Waals surface area contributed by atoms with Gasteiger partial charge in [-0.15, -0.1) is 4.20 Å². The van der Waals surface area contributed by atoms with E-state index in [1.807, 2.05) is 26.0 Å². The van der Waals surface area contributed by atoms with Gasteiger partial charge in [0, 0.05) is 5.56 Å². The van der Waals surface area contributed by atoms with E-state index in [0.29, 0.717) is 11.7 Å². The molecule has 16 heavy (non-hydrogen) atoms. The highest BCUT2D eigenvalue weighted by atomic mass is 31.2. The molecule has 1 atom stereocenters. The molecule has 2 nitrogen and oxygen atoms in total. The number of hydrogen-bond acceptors (Lipinski definition) is 2. The third-order valence-electron chi connectivity index (χ3n) is 2.47. The summed E-state index contributed by atoms with van der Waals surface area (Å²) in [7, 11) is -2.85. The Balaban J connectivity index is 3.21. The molecule has 0 aliphatic rings. The minimum Gasteiger partial charge on any atom is -0.424 e. The summed E-state index contributed by atoms with van der Waals surface area (Å²) in [4.78, 5) is 8.72. The Kier molecular flexibility index (Phi) is 4.69. The molecule has 0 aliphatic carbocycles. The lowest BCUT2D eigenvalue weighted by atomic mass is 9.90. The van der Waals surface area contributed by atoms with Gasteiger partial charge in [0.2, 0.25) is 0 Å². The Morgan fingerprint density at radius 3 is 2.25 bits per heavy atom. The molecular formula is C12H18FO2P. The van der Waals surface area contributed by atoms with Gasteiger partial charge in [0.1, 0.15) is 5.75 Å². The van der Waals surface area contributed by atoms with E-state index in [9.17, 15) is 4.20 Å². The summed E-state index contributed by atoms with van der Waals surface area (Å²) in [5.74, 6) is 1.05. The minimum atomic E-state index is -2.85. The molecule has 0 radical (unpaired) electrons. The van der Waals surface area contributed by atoms with E-state index < -0.39 is 8.69 Å². The first-order valence-electron chi connectivity index (χ1n) is 5.39. The monoisotopic (exact) mass is 244 g/mol. The highest BCUT2D eigenvalue weighted by Gasteiger charge is 2.17. The minimum absolute atomic E-state index is 0.239. The van der Waals surface area contributed by atoms with Crippen molar-refractivity contribution in [1.29, 1.82) is 0 Å². The van der Waals surface area contributed by atoms with Gasteiger partial charge in [-0.05, 0) is 23.5 Å². The van der Waals surface area contributed by atoms with Crippen molar-refractivity contribution in [3.63, 3.8) is 0 Å². The van der Waals surface area contributed by atoms with Gasteiger partial charge in [-0.2, -0.15) is 0 Å². The number of hydrogen-bond donors (Lipinski definition) is 1. The molecule has 0 bridgehead atoms. The van der Waals surface area contributed by atoms with Crippen LogP contribution in [0, 0.1) is 0 Å². The Hall–Kier alpha value is -0.660. The van der Waals surface area contributed by atoms with Crippen LogP contribution >= 0.6 is 8.69 Å². The molecule has 4 heteroatoms. The lowest BCUT2D eigenvalue weighted by molar-refractivity contribution is 0.429. The van der Waals surface area contributed by atoms with Crippen molar-refractivity contribution in [2.75, 3.05) is 0 Å². The van der Waals surface area contributed by atoms with Crippen LogP contribution in [0.15, 0.2) is 18.2 Å². The maximum atomic E-state index is 12.6. The van der Waals surface area contributed by atoms with Crippen LogP contribution < -0.4 is 4.52 Å². The van der Waals surface area contributed by atoms with Crippen molar-refractivity contribution in [1.82, 2.24) is 0 Å². The first-order chi connectivity index (χ1) is 7.43. The number of halogens is 1. The molecule has 0 aromatic heterocycles. The predicted molar refractivity (Wildman–Crippen MR) is 65.5 cm³/mol. The van der Waals surface area contributed by atoms with E-state index in [1.54, 1.807) is 6.07 Å². The molecular weight excluding hydrogens is 226 g/mol. The highest BCUT2D eigenvalue weighted by Crippen LogP contribution is 2.41. The summed E-state index contributed by atoms with van der Waals surface area (Å²) < 4.78 is 17.4. The predicted octanol–water partition coefficient (Wildman–Crippen LogP) is 4.50. The normalized spacial score (nSPS) is 13.2. The van der Waals surface area contributed by atoms with Crippen LogP contribution in [0.3, 0.4) is 0 Å². The van der Waals surface area contributed by atoms with E-state index in [4.69, 9.17) is 9.42 Å². The molecule has 0 spiro atoms. The van der Waals surface area contributed by atoms with Crippen molar-refractivity contribution < 1.29 is 13.6 Å². The van der Waals surface area contributed by atoms with Crippen molar-refractivity contribution in [3.8, 4) is 5.75 Å². The molecule has 0 fully saturated rings. The van der Waals surface area contributed by atoms with Gasteiger partial charge in [-0.1, -0.05) is 39.8 Å². The van der Waals surface area contributed by atoms with Crippen molar-refractivity contribution >= 4 is 8.69 Å². The van der Waals surface area contributed by atoms with Crippen LogP contribution in [-0.2, 0) is 0 Å². The van der Waals surface area contributed by atoms with E-state index in [1.165, 1.54) is 0 Å². The second-order valence-electron chi connectivity index (χ2n) is 4.39. The third kappa shape index (κ3) is 3.16. The second kappa shape index (κ2) is 5.60. The first kappa shape index (κ1) is 13.4. The summed E-state index contributed by atoms with van der Waals surface area (Å²) in [6.45, 7) is 8.24. The number of benzene rings is 1. The van der Waals surface area contributed by atoms with Gasteiger partial charge in [0.15, 0.2) is 0 Å². The molecule has 1 unspecified atom stereocenters. The maximum Gasteiger partial charge on any atom is 0.436 e. The standard InChI is InChI=1S/C12H18FO2P/c1-8(2)10-6-5-7-11(15-16(13)14)12(10)9(3)4/h5-9,14H,1-4H3. The van der Waals surface area contributed by atoms with E-state index in [2.05, 4.69) is 13.8 Å². The van der Waals surface area contributed by atoms with Gasteiger partial charge < -0.3 is 9.42 Å². The zero-order chi connectivity index (χ0) is 12.3. The molecule has 1 aromatic carbocycles. The molecule has 0 saturated carbocycles. The fourth-order valence-electron chi connectivity index (χ4n) is 1.84. The van der Waals surface area contributed by atoms with Crippen molar-refractivity contribution in [3.05, 3.63) is 29.3 Å². The fourth-order valence-corrected chi connectivity index (χ4v) is 2.16. The van der Waals surface area contributed by atoms with Crippen molar-refractivity contribution in [2.24, 2.45) is 0 Å². The number of rotatable bonds is 4. The van der Waals surface area contributed by atoms with Crippen LogP contribution in [0.25, 0.3) is 0 Å². The SMILES string of the molecule is CC(C)c1cccc(OP(O)F)c1C(C)C. The molecule has 0 saturated heterocycles. The molecule has 1 rings (SSSR count). The molecule has 1 N–H and O–H groups in total. The second-order valence-corrected chi connectivity index (χ2v) is 5.02. The van der Waals surface area contributed by atoms with E-state index >= 15 is 0 Å². The van der Waals surface area contributed by atoms with Crippen LogP contribution in [0.1, 0.15) is 50.7 Å². The van der Waals surface area contributed by atoms with Crippen LogP contribution in [0.2, 0.25) is 0 Å². The highest BCUT2D eigenvalue weighted by molar-refractivity contribution is 7.40. The Bertz CT molecular complexity index is 351. The van der Waals surface area contributed by atoms with Gasteiger partial charge >= 0.3 is 8.69 Å². The first-order valence-corrected chi connectivity index (χ1v) is 6.49. The Morgan fingerprint density at radius 2 is 1.81 bits per heavy atom.